The maximum atomic E-state index is 12.0. The largest absolute Gasteiger partial charge is 0.435 e. The Balaban J connectivity index is 2.36. The van der Waals surface area contributed by atoms with Gasteiger partial charge >= 0.3 is 6.61 Å². The molecule has 0 atom stereocenters. The molecule has 0 aliphatic rings. The first-order chi connectivity index (χ1) is 8.06. The minimum atomic E-state index is -2.86. The summed E-state index contributed by atoms with van der Waals surface area (Å²) >= 11 is 0. The summed E-state index contributed by atoms with van der Waals surface area (Å²) < 4.78 is 29.7. The number of benzene rings is 1. The monoisotopic (exact) mass is 240 g/mol. The van der Waals surface area contributed by atoms with Gasteiger partial charge in [0.1, 0.15) is 5.75 Å². The summed E-state index contributed by atoms with van der Waals surface area (Å²) in [5, 5.41) is 2.80. The van der Waals surface area contributed by atoms with Crippen molar-refractivity contribution in [2.24, 2.45) is 7.05 Å². The third kappa shape index (κ3) is 2.52. The highest BCUT2D eigenvalue weighted by molar-refractivity contribution is 5.60. The van der Waals surface area contributed by atoms with Crippen molar-refractivity contribution in [3.05, 3.63) is 40.7 Å². The average Bonchev–Trinajstić information content (AvgIpc) is 2.59. The van der Waals surface area contributed by atoms with Gasteiger partial charge in [-0.2, -0.15) is 8.78 Å². The second kappa shape index (κ2) is 4.40. The normalized spacial score (nSPS) is 10.8. The molecule has 0 amide bonds. The van der Waals surface area contributed by atoms with Gasteiger partial charge in [-0.05, 0) is 12.1 Å². The van der Waals surface area contributed by atoms with Crippen molar-refractivity contribution >= 4 is 0 Å². The average molecular weight is 240 g/mol. The molecule has 17 heavy (non-hydrogen) atoms. The minimum absolute atomic E-state index is 0.0576. The Bertz CT molecular complexity index is 575. The highest BCUT2D eigenvalue weighted by atomic mass is 19.3. The second-order valence-corrected chi connectivity index (χ2v) is 3.47. The standard InChI is InChI=1S/C11H10F2N2O2/c1-15-10(16)6-9(14-15)7-3-2-4-8(5-7)17-11(12)13/h2-6,11,14H,1H3. The lowest BCUT2D eigenvalue weighted by atomic mass is 10.1. The number of aryl methyl sites for hydroxylation is 1. The van der Waals surface area contributed by atoms with Crippen LogP contribution in [-0.2, 0) is 7.05 Å². The van der Waals surface area contributed by atoms with E-state index in [4.69, 9.17) is 0 Å². The smallest absolute Gasteiger partial charge is 0.387 e. The third-order valence-electron chi connectivity index (χ3n) is 2.26. The Hall–Kier alpha value is -2.11. The van der Waals surface area contributed by atoms with E-state index in [0.717, 1.165) is 0 Å². The molecule has 90 valence electrons. The predicted octanol–water partition coefficient (Wildman–Crippen LogP) is 1.98. The number of rotatable bonds is 3. The van der Waals surface area contributed by atoms with Crippen molar-refractivity contribution in [3.8, 4) is 17.0 Å². The molecule has 2 rings (SSSR count). The van der Waals surface area contributed by atoms with Gasteiger partial charge < -0.3 is 4.74 Å². The Morgan fingerprint density at radius 2 is 2.12 bits per heavy atom. The number of ether oxygens (including phenoxy) is 1. The molecule has 0 aliphatic heterocycles. The zero-order chi connectivity index (χ0) is 12.4. The van der Waals surface area contributed by atoms with E-state index in [-0.39, 0.29) is 11.3 Å². The number of aromatic amines is 1. The number of alkyl halides is 2. The molecular weight excluding hydrogens is 230 g/mol. The molecule has 0 spiro atoms. The molecule has 0 saturated carbocycles. The van der Waals surface area contributed by atoms with Crippen LogP contribution < -0.4 is 10.3 Å². The van der Waals surface area contributed by atoms with E-state index >= 15 is 0 Å². The number of nitrogens with one attached hydrogen (secondary N) is 1. The summed E-state index contributed by atoms with van der Waals surface area (Å²) in [5.41, 5.74) is 0.971. The molecular formula is C11H10F2N2O2. The van der Waals surface area contributed by atoms with Crippen LogP contribution in [0, 0.1) is 0 Å². The molecule has 1 heterocycles. The van der Waals surface area contributed by atoms with Gasteiger partial charge in [0.05, 0.1) is 5.69 Å². The van der Waals surface area contributed by atoms with E-state index in [2.05, 4.69) is 9.84 Å². The molecule has 0 radical (unpaired) electrons. The van der Waals surface area contributed by atoms with Crippen molar-refractivity contribution < 1.29 is 13.5 Å². The highest BCUT2D eigenvalue weighted by Crippen LogP contribution is 2.22. The summed E-state index contributed by atoms with van der Waals surface area (Å²) in [4.78, 5) is 11.3. The molecule has 1 aromatic heterocycles. The van der Waals surface area contributed by atoms with Crippen molar-refractivity contribution in [1.29, 1.82) is 0 Å². The first-order valence-electron chi connectivity index (χ1n) is 4.87. The van der Waals surface area contributed by atoms with Crippen LogP contribution in [-0.4, -0.2) is 16.4 Å². The van der Waals surface area contributed by atoms with Crippen LogP contribution in [0.1, 0.15) is 0 Å². The molecule has 1 N–H and O–H groups in total. The van der Waals surface area contributed by atoms with Crippen LogP contribution in [0.5, 0.6) is 5.75 Å². The topological polar surface area (TPSA) is 47.0 Å². The summed E-state index contributed by atoms with van der Waals surface area (Å²) in [6.45, 7) is -2.86. The fraction of sp³-hybridized carbons (Fsp3) is 0.182. The zero-order valence-corrected chi connectivity index (χ0v) is 8.98. The van der Waals surface area contributed by atoms with E-state index in [1.807, 2.05) is 0 Å². The Morgan fingerprint density at radius 1 is 1.35 bits per heavy atom. The summed E-state index contributed by atoms with van der Waals surface area (Å²) in [6.07, 6.45) is 0. The quantitative estimate of drug-likeness (QED) is 0.891. The minimum Gasteiger partial charge on any atom is -0.435 e. The number of nitrogens with zero attached hydrogens (tertiary/aromatic N) is 1. The number of hydrogen-bond acceptors (Lipinski definition) is 2. The molecule has 0 bridgehead atoms. The van der Waals surface area contributed by atoms with Gasteiger partial charge in [0.15, 0.2) is 0 Å². The van der Waals surface area contributed by atoms with Gasteiger partial charge in [0, 0.05) is 18.7 Å². The van der Waals surface area contributed by atoms with Crippen LogP contribution in [0.4, 0.5) is 8.78 Å². The number of hydrogen-bond donors (Lipinski definition) is 1. The van der Waals surface area contributed by atoms with Gasteiger partial charge in [-0.1, -0.05) is 12.1 Å². The lowest BCUT2D eigenvalue weighted by Gasteiger charge is -2.05. The Labute approximate surface area is 95.4 Å². The van der Waals surface area contributed by atoms with Crippen molar-refractivity contribution in [3.63, 3.8) is 0 Å². The lowest BCUT2D eigenvalue weighted by molar-refractivity contribution is -0.0498. The Morgan fingerprint density at radius 3 is 2.71 bits per heavy atom. The van der Waals surface area contributed by atoms with E-state index in [9.17, 15) is 13.6 Å². The maximum absolute atomic E-state index is 12.0. The molecule has 0 aliphatic carbocycles. The molecule has 0 fully saturated rings. The first kappa shape index (κ1) is 11.4. The lowest BCUT2D eigenvalue weighted by Crippen LogP contribution is -2.09. The fourth-order valence-electron chi connectivity index (χ4n) is 1.48. The van der Waals surface area contributed by atoms with Crippen LogP contribution in [0.15, 0.2) is 35.1 Å². The van der Waals surface area contributed by atoms with E-state index < -0.39 is 6.61 Å². The Kier molecular flexibility index (Phi) is 2.95. The van der Waals surface area contributed by atoms with Gasteiger partial charge in [0.2, 0.25) is 0 Å². The summed E-state index contributed by atoms with van der Waals surface area (Å²) in [6, 6.07) is 7.54. The maximum Gasteiger partial charge on any atom is 0.387 e. The molecule has 0 unspecified atom stereocenters. The van der Waals surface area contributed by atoms with Crippen molar-refractivity contribution in [1.82, 2.24) is 9.78 Å². The summed E-state index contributed by atoms with van der Waals surface area (Å²) in [7, 11) is 1.57. The second-order valence-electron chi connectivity index (χ2n) is 3.47. The molecule has 4 nitrogen and oxygen atoms in total. The van der Waals surface area contributed by atoms with Crippen LogP contribution in [0.3, 0.4) is 0 Å². The number of halogens is 2. The van der Waals surface area contributed by atoms with Crippen molar-refractivity contribution in [2.45, 2.75) is 6.61 Å². The molecule has 6 heteroatoms. The highest BCUT2D eigenvalue weighted by Gasteiger charge is 2.07. The van der Waals surface area contributed by atoms with Crippen LogP contribution in [0.2, 0.25) is 0 Å². The summed E-state index contributed by atoms with van der Waals surface area (Å²) in [5.74, 6) is 0.0576. The molecule has 2 aromatic rings. The number of aromatic nitrogens is 2. The van der Waals surface area contributed by atoms with Gasteiger partial charge in [-0.25, -0.2) is 0 Å². The fourth-order valence-corrected chi connectivity index (χ4v) is 1.48. The van der Waals surface area contributed by atoms with Gasteiger partial charge in [-0.15, -0.1) is 0 Å². The first-order valence-corrected chi connectivity index (χ1v) is 4.87. The van der Waals surface area contributed by atoms with Gasteiger partial charge in [-0.3, -0.25) is 14.6 Å². The predicted molar refractivity (Wildman–Crippen MR) is 58.1 cm³/mol. The third-order valence-corrected chi connectivity index (χ3v) is 2.26. The zero-order valence-electron chi connectivity index (χ0n) is 8.98. The van der Waals surface area contributed by atoms with Crippen LogP contribution in [0.25, 0.3) is 11.3 Å². The molecule has 1 aromatic carbocycles. The van der Waals surface area contributed by atoms with Gasteiger partial charge in [0.25, 0.3) is 5.56 Å². The SMILES string of the molecule is Cn1[nH]c(-c2cccc(OC(F)F)c2)cc1=O. The number of H-pyrrole nitrogens is 1. The van der Waals surface area contributed by atoms with E-state index in [1.165, 1.54) is 22.9 Å². The van der Waals surface area contributed by atoms with E-state index in [1.54, 1.807) is 19.2 Å². The van der Waals surface area contributed by atoms with E-state index in [0.29, 0.717) is 11.3 Å². The molecule has 0 saturated heterocycles. The van der Waals surface area contributed by atoms with Crippen molar-refractivity contribution in [2.75, 3.05) is 0 Å². The van der Waals surface area contributed by atoms with Crippen LogP contribution >= 0.6 is 0 Å².